The minimum Gasteiger partial charge on any atom is -0.530 e. The molecule has 2 heterocycles. The zero-order valence-electron chi connectivity index (χ0n) is 22.4. The van der Waals surface area contributed by atoms with Gasteiger partial charge in [-0.05, 0) is 61.8 Å². The number of aromatic amines is 1. The normalized spacial score (nSPS) is 17.8. The van der Waals surface area contributed by atoms with E-state index in [0.717, 1.165) is 30.4 Å². The van der Waals surface area contributed by atoms with E-state index in [1.807, 2.05) is 18.2 Å². The van der Waals surface area contributed by atoms with Crippen LogP contribution in [0.4, 0.5) is 10.5 Å². The van der Waals surface area contributed by atoms with Gasteiger partial charge in [0, 0.05) is 43.0 Å². The molecule has 0 atom stereocenters. The number of imidazole rings is 1. The summed E-state index contributed by atoms with van der Waals surface area (Å²) < 4.78 is 0. The number of hydrogen-bond acceptors (Lipinski definition) is 6. The second-order valence-electron chi connectivity index (χ2n) is 10.9. The summed E-state index contributed by atoms with van der Waals surface area (Å²) in [6.07, 6.45) is 5.40. The van der Waals surface area contributed by atoms with Crippen molar-refractivity contribution in [3.05, 3.63) is 53.1 Å². The Labute approximate surface area is 240 Å². The molecule has 2 N–H and O–H groups in total. The van der Waals surface area contributed by atoms with Gasteiger partial charge in [-0.15, -0.1) is 0 Å². The predicted molar refractivity (Wildman–Crippen MR) is 135 cm³/mol. The van der Waals surface area contributed by atoms with Crippen LogP contribution in [-0.4, -0.2) is 57.9 Å². The van der Waals surface area contributed by atoms with Gasteiger partial charge in [0.1, 0.15) is 17.9 Å². The number of anilines is 1. The fourth-order valence-corrected chi connectivity index (χ4v) is 4.93. The van der Waals surface area contributed by atoms with Crippen LogP contribution in [0.15, 0.2) is 30.5 Å². The van der Waals surface area contributed by atoms with Gasteiger partial charge < -0.3 is 25.1 Å². The molecule has 0 bridgehead atoms. The average molecular weight is 513 g/mol. The number of hydrogen-bond donors (Lipinski definition) is 2. The first-order chi connectivity index (χ1) is 17.0. The Balaban J connectivity index is 0.00000380. The van der Waals surface area contributed by atoms with E-state index in [2.05, 4.69) is 60.0 Å². The molecule has 2 aromatic rings. The van der Waals surface area contributed by atoms with Gasteiger partial charge in [0.2, 0.25) is 0 Å². The monoisotopic (exact) mass is 512 g/mol. The summed E-state index contributed by atoms with van der Waals surface area (Å²) in [5.74, 6) is -0.314. The van der Waals surface area contributed by atoms with Crippen LogP contribution in [0, 0.1) is 16.7 Å². The topological polar surface area (TPSA) is 128 Å². The SMILES string of the molecule is CC1(C)CC=C(c2cc(C(C)(C)N3CCN(C(=O)[O-])CC3)ccc2NC(=O)c2ncc(C#N)[nH]2)CC1.[Na+]. The molecule has 0 unspecified atom stereocenters. The minimum absolute atomic E-state index is 0. The van der Waals surface area contributed by atoms with Crippen LogP contribution in [0.3, 0.4) is 0 Å². The Bertz CT molecular complexity index is 1240. The van der Waals surface area contributed by atoms with Gasteiger partial charge in [-0.3, -0.25) is 9.69 Å². The third kappa shape index (κ3) is 6.44. The van der Waals surface area contributed by atoms with Gasteiger partial charge in [0.25, 0.3) is 5.91 Å². The largest absolute Gasteiger partial charge is 1.00 e. The Kier molecular flexibility index (Phi) is 8.91. The van der Waals surface area contributed by atoms with Crippen molar-refractivity contribution in [2.24, 2.45) is 5.41 Å². The Morgan fingerprint density at radius 2 is 1.92 bits per heavy atom. The second-order valence-corrected chi connectivity index (χ2v) is 10.9. The maximum atomic E-state index is 12.9. The summed E-state index contributed by atoms with van der Waals surface area (Å²) in [6.45, 7) is 10.9. The van der Waals surface area contributed by atoms with E-state index >= 15 is 0 Å². The van der Waals surface area contributed by atoms with Crippen LogP contribution in [0.25, 0.3) is 5.57 Å². The molecular formula is C27H33N6NaO3. The number of nitrogens with one attached hydrogen (secondary N) is 2. The Morgan fingerprint density at radius 3 is 2.49 bits per heavy atom. The molecule has 0 radical (unpaired) electrons. The van der Waals surface area contributed by atoms with Crippen LogP contribution < -0.4 is 40.0 Å². The maximum absolute atomic E-state index is 12.9. The second kappa shape index (κ2) is 11.4. The molecule has 2 amide bonds. The zero-order valence-corrected chi connectivity index (χ0v) is 24.4. The number of carbonyl (C=O) groups excluding carboxylic acids is 2. The van der Waals surface area contributed by atoms with E-state index in [4.69, 9.17) is 5.26 Å². The summed E-state index contributed by atoms with van der Waals surface area (Å²) in [5.41, 5.74) is 4.09. The first-order valence-electron chi connectivity index (χ1n) is 12.3. The molecule has 190 valence electrons. The molecule has 37 heavy (non-hydrogen) atoms. The Morgan fingerprint density at radius 1 is 1.22 bits per heavy atom. The number of rotatable bonds is 5. The van der Waals surface area contributed by atoms with Crippen LogP contribution in [0.1, 0.15) is 74.4 Å². The molecule has 1 saturated heterocycles. The van der Waals surface area contributed by atoms with Crippen molar-refractivity contribution in [2.75, 3.05) is 31.5 Å². The first-order valence-corrected chi connectivity index (χ1v) is 12.3. The van der Waals surface area contributed by atoms with E-state index in [1.54, 1.807) is 0 Å². The van der Waals surface area contributed by atoms with Crippen LogP contribution in [0.2, 0.25) is 0 Å². The predicted octanol–water partition coefficient (Wildman–Crippen LogP) is 0.327. The molecule has 1 aliphatic carbocycles. The number of allylic oxidation sites excluding steroid dienone is 2. The van der Waals surface area contributed by atoms with E-state index in [1.165, 1.54) is 16.7 Å². The fourth-order valence-electron chi connectivity index (χ4n) is 4.93. The average Bonchev–Trinajstić information content (AvgIpc) is 3.34. The molecule has 10 heteroatoms. The molecule has 1 aromatic carbocycles. The molecule has 2 aliphatic rings. The number of aromatic nitrogens is 2. The zero-order chi connectivity index (χ0) is 26.1. The number of amides is 2. The molecular weight excluding hydrogens is 479 g/mol. The van der Waals surface area contributed by atoms with Crippen molar-refractivity contribution in [3.63, 3.8) is 0 Å². The van der Waals surface area contributed by atoms with E-state index in [9.17, 15) is 14.7 Å². The van der Waals surface area contributed by atoms with Gasteiger partial charge in [-0.2, -0.15) is 5.26 Å². The summed E-state index contributed by atoms with van der Waals surface area (Å²) >= 11 is 0. The van der Waals surface area contributed by atoms with Crippen LogP contribution >= 0.6 is 0 Å². The van der Waals surface area contributed by atoms with Crippen molar-refractivity contribution < 1.29 is 44.3 Å². The van der Waals surface area contributed by atoms with Gasteiger partial charge in [-0.1, -0.05) is 26.0 Å². The summed E-state index contributed by atoms with van der Waals surface area (Å²) in [7, 11) is 0. The van der Waals surface area contributed by atoms with Crippen LogP contribution in [-0.2, 0) is 5.54 Å². The van der Waals surface area contributed by atoms with Crippen molar-refractivity contribution in [1.29, 1.82) is 5.26 Å². The number of piperazine rings is 1. The smallest absolute Gasteiger partial charge is 0.530 e. The number of benzene rings is 1. The quantitative estimate of drug-likeness (QED) is 0.556. The molecule has 1 aliphatic heterocycles. The Hall–Kier alpha value is -2.64. The van der Waals surface area contributed by atoms with Gasteiger partial charge in [0.15, 0.2) is 5.82 Å². The molecule has 4 rings (SSSR count). The van der Waals surface area contributed by atoms with E-state index in [0.29, 0.717) is 31.9 Å². The van der Waals surface area contributed by atoms with Gasteiger partial charge in [0.05, 0.1) is 6.20 Å². The molecule has 9 nitrogen and oxygen atoms in total. The van der Waals surface area contributed by atoms with Crippen molar-refractivity contribution in [3.8, 4) is 6.07 Å². The summed E-state index contributed by atoms with van der Waals surface area (Å²) in [5, 5.41) is 23.2. The van der Waals surface area contributed by atoms with E-state index in [-0.39, 0.29) is 52.0 Å². The standard InChI is InChI=1S/C27H34N6O3.Na/c1-26(2)9-7-18(8-10-26)21-15-19(27(3,4)33-13-11-32(12-14-33)25(35)36)5-6-22(21)31-24(34)23-29-17-20(16-28)30-23;/h5-7,15,17H,8-14H2,1-4H3,(H,29,30)(H,31,34)(H,35,36);/q;+1/p-1. The van der Waals surface area contributed by atoms with Crippen molar-refractivity contribution in [2.45, 2.75) is 52.5 Å². The van der Waals surface area contributed by atoms with Crippen molar-refractivity contribution >= 4 is 23.3 Å². The number of H-pyrrole nitrogens is 1. The van der Waals surface area contributed by atoms with Crippen LogP contribution in [0.5, 0.6) is 0 Å². The number of nitriles is 1. The molecule has 0 saturated carbocycles. The summed E-state index contributed by atoms with van der Waals surface area (Å²) in [4.78, 5) is 34.5. The van der Waals surface area contributed by atoms with E-state index < -0.39 is 12.0 Å². The number of carbonyl (C=O) groups is 2. The van der Waals surface area contributed by atoms with Gasteiger partial charge in [-0.25, -0.2) is 4.98 Å². The maximum Gasteiger partial charge on any atom is 1.00 e. The third-order valence-corrected chi connectivity index (χ3v) is 7.53. The summed E-state index contributed by atoms with van der Waals surface area (Å²) in [6, 6.07) is 8.04. The molecule has 1 fully saturated rings. The minimum atomic E-state index is -1.12. The fraction of sp³-hybridized carbons (Fsp3) is 0.481. The number of carboxylic acid groups (broad SMARTS) is 1. The first kappa shape index (κ1) is 28.9. The van der Waals surface area contributed by atoms with Gasteiger partial charge >= 0.3 is 29.6 Å². The number of nitrogens with zero attached hydrogens (tertiary/aromatic N) is 4. The van der Waals surface area contributed by atoms with Crippen molar-refractivity contribution in [1.82, 2.24) is 19.8 Å². The third-order valence-electron chi connectivity index (χ3n) is 7.53. The molecule has 1 aromatic heterocycles. The molecule has 0 spiro atoms.